The zero-order valence-electron chi connectivity index (χ0n) is 23.5. The molecule has 0 atom stereocenters. The van der Waals surface area contributed by atoms with Crippen LogP contribution < -0.4 is 4.74 Å². The summed E-state index contributed by atoms with van der Waals surface area (Å²) in [6.45, 7) is 3.15. The van der Waals surface area contributed by atoms with Crippen LogP contribution in [0.3, 0.4) is 0 Å². The molecule has 1 aliphatic heterocycles. The van der Waals surface area contributed by atoms with Crippen LogP contribution in [0.5, 0.6) is 5.75 Å². The normalized spacial score (nSPS) is 14.3. The first-order chi connectivity index (χ1) is 20.0. The number of nitrogens with zero attached hydrogens (tertiary/aromatic N) is 3. The number of hydrogen-bond donors (Lipinski definition) is 1. The highest BCUT2D eigenvalue weighted by Crippen LogP contribution is 2.35. The molecule has 7 nitrogen and oxygen atoms in total. The number of carboxylic acid groups (broad SMARTS) is 1. The summed E-state index contributed by atoms with van der Waals surface area (Å²) in [5.41, 5.74) is 3.45. The van der Waals surface area contributed by atoms with Crippen LogP contribution in [0, 0.1) is 0 Å². The summed E-state index contributed by atoms with van der Waals surface area (Å²) in [5.74, 6) is 0.000150. The molecule has 0 aliphatic carbocycles. The quantitative estimate of drug-likeness (QED) is 0.104. The molecule has 1 amide bonds. The summed E-state index contributed by atoms with van der Waals surface area (Å²) in [6, 6.07) is 17.8. The molecule has 3 aromatic rings. The van der Waals surface area contributed by atoms with E-state index < -0.39 is 5.97 Å². The molecule has 4 rings (SSSR count). The molecule has 2 heterocycles. The van der Waals surface area contributed by atoms with Gasteiger partial charge in [0.1, 0.15) is 15.8 Å². The fourth-order valence-electron chi connectivity index (χ4n) is 4.77. The number of carbonyl (C=O) groups is 2. The highest BCUT2D eigenvalue weighted by molar-refractivity contribution is 8.26. The maximum Gasteiger partial charge on any atom is 0.303 e. The number of hydrogen-bond acceptors (Lipinski definition) is 6. The van der Waals surface area contributed by atoms with Crippen LogP contribution in [0.4, 0.5) is 0 Å². The SMILES string of the molecule is CCOc1cccc(-c2nn(-c3ccccc3)cc2C=C2SC(=S)N(CCCCCCCCCCC(=O)O)C2=O)c1. The van der Waals surface area contributed by atoms with Crippen LogP contribution in [-0.2, 0) is 9.59 Å². The van der Waals surface area contributed by atoms with E-state index >= 15 is 0 Å². The second-order valence-electron chi connectivity index (χ2n) is 9.98. The highest BCUT2D eigenvalue weighted by Gasteiger charge is 2.32. The van der Waals surface area contributed by atoms with Crippen LogP contribution in [0.1, 0.15) is 70.3 Å². The second-order valence-corrected chi connectivity index (χ2v) is 11.7. The van der Waals surface area contributed by atoms with E-state index in [1.807, 2.05) is 78.5 Å². The molecule has 41 heavy (non-hydrogen) atoms. The molecule has 9 heteroatoms. The molecule has 1 aliphatic rings. The Hall–Kier alpha value is -3.43. The molecule has 2 aromatic carbocycles. The van der Waals surface area contributed by atoms with Crippen molar-refractivity contribution in [3.63, 3.8) is 0 Å². The summed E-state index contributed by atoms with van der Waals surface area (Å²) in [4.78, 5) is 26.3. The van der Waals surface area contributed by atoms with E-state index in [1.54, 1.807) is 4.90 Å². The minimum atomic E-state index is -0.717. The van der Waals surface area contributed by atoms with E-state index in [0.717, 1.165) is 79.6 Å². The smallest absolute Gasteiger partial charge is 0.303 e. The number of aliphatic carboxylic acids is 1. The zero-order chi connectivity index (χ0) is 29.0. The lowest BCUT2D eigenvalue weighted by atomic mass is 10.1. The minimum absolute atomic E-state index is 0.0556. The van der Waals surface area contributed by atoms with Crippen molar-refractivity contribution in [3.8, 4) is 22.7 Å². The van der Waals surface area contributed by atoms with Crippen molar-refractivity contribution in [3.05, 3.63) is 71.3 Å². The molecule has 0 radical (unpaired) electrons. The van der Waals surface area contributed by atoms with Crippen molar-refractivity contribution in [2.75, 3.05) is 13.2 Å². The number of carbonyl (C=O) groups excluding carboxylic acids is 1. The number of para-hydroxylation sites is 1. The number of rotatable bonds is 16. The first-order valence-corrected chi connectivity index (χ1v) is 15.5. The molecule has 1 fully saturated rings. The van der Waals surface area contributed by atoms with Crippen molar-refractivity contribution >= 4 is 46.3 Å². The third-order valence-electron chi connectivity index (χ3n) is 6.86. The van der Waals surface area contributed by atoms with Crippen LogP contribution in [0.15, 0.2) is 65.7 Å². The number of amides is 1. The Balaban J connectivity index is 1.40. The maximum atomic E-state index is 13.4. The van der Waals surface area contributed by atoms with Crippen LogP contribution in [0.25, 0.3) is 23.0 Å². The van der Waals surface area contributed by atoms with E-state index in [9.17, 15) is 9.59 Å². The van der Waals surface area contributed by atoms with E-state index in [1.165, 1.54) is 11.8 Å². The molecule has 0 spiro atoms. The van der Waals surface area contributed by atoms with Crippen molar-refractivity contribution in [2.24, 2.45) is 0 Å². The predicted molar refractivity (Wildman–Crippen MR) is 169 cm³/mol. The van der Waals surface area contributed by atoms with Gasteiger partial charge in [-0.3, -0.25) is 14.5 Å². The van der Waals surface area contributed by atoms with Gasteiger partial charge in [0, 0.05) is 30.3 Å². The van der Waals surface area contributed by atoms with Crippen molar-refractivity contribution in [1.82, 2.24) is 14.7 Å². The van der Waals surface area contributed by atoms with Crippen molar-refractivity contribution in [2.45, 2.75) is 64.7 Å². The second kappa shape index (κ2) is 15.5. The Morgan fingerprint density at radius 3 is 2.41 bits per heavy atom. The topological polar surface area (TPSA) is 84.7 Å². The fourth-order valence-corrected chi connectivity index (χ4v) is 6.07. The van der Waals surface area contributed by atoms with Gasteiger partial charge in [-0.2, -0.15) is 5.10 Å². The van der Waals surface area contributed by atoms with Gasteiger partial charge in [-0.25, -0.2) is 4.68 Å². The van der Waals surface area contributed by atoms with Crippen molar-refractivity contribution in [1.29, 1.82) is 0 Å². The predicted octanol–water partition coefficient (Wildman–Crippen LogP) is 7.73. The number of aromatic nitrogens is 2. The first kappa shape index (κ1) is 30.5. The van der Waals surface area contributed by atoms with Gasteiger partial charge >= 0.3 is 5.97 Å². The third kappa shape index (κ3) is 8.78. The molecular formula is C32H37N3O4S2. The van der Waals surface area contributed by atoms with E-state index in [2.05, 4.69) is 0 Å². The number of thiocarbonyl (C=S) groups is 1. The Morgan fingerprint density at radius 2 is 1.71 bits per heavy atom. The zero-order valence-corrected chi connectivity index (χ0v) is 25.1. The lowest BCUT2D eigenvalue weighted by Crippen LogP contribution is -2.29. The number of carboxylic acids is 1. The Labute approximate surface area is 251 Å². The Kier molecular flexibility index (Phi) is 11.6. The van der Waals surface area contributed by atoms with Gasteiger partial charge in [0.15, 0.2) is 0 Å². The van der Waals surface area contributed by atoms with E-state index in [-0.39, 0.29) is 12.3 Å². The standard InChI is InChI=1S/C32H37N3O4S2/c1-2-39-27-18-14-15-24(21-27)30-25(23-35(33-30)26-16-10-9-11-17-26)22-28-31(38)34(32(40)41-28)20-13-8-6-4-3-5-7-12-19-29(36)37/h9-11,14-18,21-23H,2-8,12-13,19-20H2,1H3,(H,36,37). The molecule has 1 aromatic heterocycles. The van der Waals surface area contributed by atoms with E-state index in [4.69, 9.17) is 27.2 Å². The van der Waals surface area contributed by atoms with Gasteiger partial charge in [0.25, 0.3) is 5.91 Å². The fraction of sp³-hybridized carbons (Fsp3) is 0.375. The number of ether oxygens (including phenoxy) is 1. The molecule has 1 saturated heterocycles. The molecule has 0 bridgehead atoms. The third-order valence-corrected chi connectivity index (χ3v) is 8.24. The van der Waals surface area contributed by atoms with Gasteiger partial charge in [0.2, 0.25) is 0 Å². The van der Waals surface area contributed by atoms with Crippen LogP contribution in [0.2, 0.25) is 0 Å². The average molecular weight is 592 g/mol. The first-order valence-electron chi connectivity index (χ1n) is 14.3. The van der Waals surface area contributed by atoms with Crippen molar-refractivity contribution < 1.29 is 19.4 Å². The van der Waals surface area contributed by atoms with Gasteiger partial charge in [-0.05, 0) is 50.1 Å². The summed E-state index contributed by atoms with van der Waals surface area (Å²) < 4.78 is 8.15. The number of unbranched alkanes of at least 4 members (excludes halogenated alkanes) is 7. The highest BCUT2D eigenvalue weighted by atomic mass is 32.2. The van der Waals surface area contributed by atoms with Crippen LogP contribution >= 0.6 is 24.0 Å². The molecule has 1 N–H and O–H groups in total. The molecule has 0 unspecified atom stereocenters. The number of thioether (sulfide) groups is 1. The minimum Gasteiger partial charge on any atom is -0.494 e. The van der Waals surface area contributed by atoms with Gasteiger partial charge in [-0.15, -0.1) is 0 Å². The van der Waals surface area contributed by atoms with E-state index in [0.29, 0.717) is 22.4 Å². The molecular weight excluding hydrogens is 555 g/mol. The summed E-state index contributed by atoms with van der Waals surface area (Å²) in [6.07, 6.45) is 12.2. The lowest BCUT2D eigenvalue weighted by Gasteiger charge is -2.14. The van der Waals surface area contributed by atoms with Gasteiger partial charge < -0.3 is 9.84 Å². The molecule has 0 saturated carbocycles. The summed E-state index contributed by atoms with van der Waals surface area (Å²) in [5, 5.41) is 13.6. The van der Waals surface area contributed by atoms with Gasteiger partial charge in [0.05, 0.1) is 17.2 Å². The maximum absolute atomic E-state index is 13.4. The largest absolute Gasteiger partial charge is 0.494 e. The summed E-state index contributed by atoms with van der Waals surface area (Å²) in [7, 11) is 0. The Bertz CT molecular complexity index is 1370. The monoisotopic (exact) mass is 591 g/mol. The molecule has 216 valence electrons. The van der Waals surface area contributed by atoms with Gasteiger partial charge in [-0.1, -0.05) is 92.8 Å². The average Bonchev–Trinajstić information content (AvgIpc) is 3.51. The number of benzene rings is 2. The lowest BCUT2D eigenvalue weighted by molar-refractivity contribution is -0.137. The summed E-state index contributed by atoms with van der Waals surface area (Å²) >= 11 is 6.94. The van der Waals surface area contributed by atoms with Crippen LogP contribution in [-0.4, -0.2) is 49.1 Å². The Morgan fingerprint density at radius 1 is 1.00 bits per heavy atom.